The third-order valence-corrected chi connectivity index (χ3v) is 4.64. The van der Waals surface area contributed by atoms with Gasteiger partial charge in [0.25, 0.3) is 0 Å². The molecule has 0 bridgehead atoms. The van der Waals surface area contributed by atoms with Crippen molar-refractivity contribution in [3.63, 3.8) is 0 Å². The van der Waals surface area contributed by atoms with Crippen molar-refractivity contribution in [2.75, 3.05) is 31.8 Å². The fraction of sp³-hybridized carbons (Fsp3) is 0.250. The third kappa shape index (κ3) is 5.27. The Morgan fingerprint density at radius 2 is 1.78 bits per heavy atom. The van der Waals surface area contributed by atoms with Gasteiger partial charge in [-0.3, -0.25) is 0 Å². The summed E-state index contributed by atoms with van der Waals surface area (Å²) >= 11 is 0. The summed E-state index contributed by atoms with van der Waals surface area (Å²) in [7, 11) is 6.02. The van der Waals surface area contributed by atoms with E-state index in [-0.39, 0.29) is 0 Å². The van der Waals surface area contributed by atoms with Gasteiger partial charge < -0.3 is 15.5 Å². The lowest BCUT2D eigenvalue weighted by atomic mass is 9.96. The molecule has 0 unspecified atom stereocenters. The fourth-order valence-corrected chi connectivity index (χ4v) is 2.98. The molecule has 0 saturated heterocycles. The van der Waals surface area contributed by atoms with E-state index in [2.05, 4.69) is 91.6 Å². The Morgan fingerprint density at radius 1 is 1.04 bits per heavy atom. The van der Waals surface area contributed by atoms with Crippen LogP contribution in [0.4, 0.5) is 11.4 Å². The fourth-order valence-electron chi connectivity index (χ4n) is 2.98. The van der Waals surface area contributed by atoms with E-state index in [9.17, 15) is 0 Å². The van der Waals surface area contributed by atoms with Gasteiger partial charge in [-0.15, -0.1) is 0 Å². The number of hydrogen-bond acceptors (Lipinski definition) is 3. The summed E-state index contributed by atoms with van der Waals surface area (Å²) in [6.45, 7) is 10.4. The Kier molecular flexibility index (Phi) is 6.89. The quantitative estimate of drug-likeness (QED) is 0.616. The Bertz CT molecular complexity index is 873. The first-order valence-corrected chi connectivity index (χ1v) is 9.20. The van der Waals surface area contributed by atoms with Crippen LogP contribution in [0.15, 0.2) is 67.0 Å². The van der Waals surface area contributed by atoms with Crippen molar-refractivity contribution in [2.45, 2.75) is 20.8 Å². The summed E-state index contributed by atoms with van der Waals surface area (Å²) in [6, 6.07) is 12.7. The van der Waals surface area contributed by atoms with Crippen molar-refractivity contribution in [1.29, 1.82) is 0 Å². The molecule has 0 saturated carbocycles. The van der Waals surface area contributed by atoms with E-state index < -0.39 is 0 Å². The highest BCUT2D eigenvalue weighted by Gasteiger charge is 2.07. The highest BCUT2D eigenvalue weighted by atomic mass is 15.0. The van der Waals surface area contributed by atoms with Gasteiger partial charge in [0.15, 0.2) is 0 Å². The Morgan fingerprint density at radius 3 is 2.41 bits per heavy atom. The number of aryl methyl sites for hydroxylation is 2. The smallest absolute Gasteiger partial charge is 0.0405 e. The first kappa shape index (κ1) is 20.4. The molecule has 0 spiro atoms. The maximum absolute atomic E-state index is 4.00. The molecule has 3 nitrogen and oxygen atoms in total. The number of anilines is 2. The van der Waals surface area contributed by atoms with Crippen LogP contribution in [0.2, 0.25) is 0 Å². The molecule has 2 aromatic carbocycles. The molecule has 0 atom stereocenters. The van der Waals surface area contributed by atoms with E-state index in [0.717, 1.165) is 22.6 Å². The highest BCUT2D eigenvalue weighted by molar-refractivity contribution is 5.78. The van der Waals surface area contributed by atoms with Crippen LogP contribution in [0.25, 0.3) is 5.57 Å². The second kappa shape index (κ2) is 9.13. The minimum atomic E-state index is 0.954. The summed E-state index contributed by atoms with van der Waals surface area (Å²) in [5.41, 5.74) is 9.26. The lowest BCUT2D eigenvalue weighted by Crippen LogP contribution is -2.05. The van der Waals surface area contributed by atoms with Crippen LogP contribution in [0.5, 0.6) is 0 Å². The van der Waals surface area contributed by atoms with E-state index in [0.29, 0.717) is 0 Å². The topological polar surface area (TPSA) is 27.3 Å². The average Bonchev–Trinajstić information content (AvgIpc) is 2.63. The van der Waals surface area contributed by atoms with Crippen LogP contribution in [0.3, 0.4) is 0 Å². The molecule has 0 aliphatic rings. The van der Waals surface area contributed by atoms with Gasteiger partial charge in [-0.05, 0) is 72.9 Å². The minimum Gasteiger partial charge on any atom is -0.388 e. The predicted octanol–water partition coefficient (Wildman–Crippen LogP) is 5.74. The highest BCUT2D eigenvalue weighted by Crippen LogP contribution is 2.26. The van der Waals surface area contributed by atoms with Crippen LogP contribution in [-0.4, -0.2) is 26.0 Å². The summed E-state index contributed by atoms with van der Waals surface area (Å²) in [6.07, 6.45) is 6.14. The number of rotatable bonds is 7. The van der Waals surface area contributed by atoms with Crippen LogP contribution < -0.4 is 10.6 Å². The lowest BCUT2D eigenvalue weighted by Gasteiger charge is -2.16. The monoisotopic (exact) mass is 361 g/mol. The molecule has 0 heterocycles. The van der Waals surface area contributed by atoms with Gasteiger partial charge in [0.05, 0.1) is 0 Å². The number of nitrogens with zero attached hydrogens (tertiary/aromatic N) is 1. The molecule has 0 fully saturated rings. The number of hydrogen-bond donors (Lipinski definition) is 2. The largest absolute Gasteiger partial charge is 0.388 e. The van der Waals surface area contributed by atoms with Crippen molar-refractivity contribution in [3.05, 3.63) is 89.3 Å². The molecule has 142 valence electrons. The molecule has 0 aromatic heterocycles. The molecular weight excluding hydrogens is 330 g/mol. The Labute approximate surface area is 164 Å². The predicted molar refractivity (Wildman–Crippen MR) is 120 cm³/mol. The third-order valence-electron chi connectivity index (χ3n) is 4.64. The van der Waals surface area contributed by atoms with E-state index in [1.807, 2.05) is 27.2 Å². The van der Waals surface area contributed by atoms with Crippen LogP contribution in [0, 0.1) is 20.8 Å². The zero-order valence-electron chi connectivity index (χ0n) is 17.4. The number of allylic oxidation sites excluding steroid dienone is 3. The maximum atomic E-state index is 4.00. The summed E-state index contributed by atoms with van der Waals surface area (Å²) in [5, 5.41) is 6.71. The van der Waals surface area contributed by atoms with Crippen molar-refractivity contribution < 1.29 is 0 Å². The van der Waals surface area contributed by atoms with Gasteiger partial charge in [-0.2, -0.15) is 0 Å². The lowest BCUT2D eigenvalue weighted by molar-refractivity contribution is 0.566. The SMILES string of the molecule is C=C/C(=C\C(=C/N(C)C)c1cccc(C)c1C)Nc1ccc(C)c(NC)c1. The van der Waals surface area contributed by atoms with Crippen molar-refractivity contribution in [3.8, 4) is 0 Å². The maximum Gasteiger partial charge on any atom is 0.0405 e. The number of benzene rings is 2. The van der Waals surface area contributed by atoms with Crippen molar-refractivity contribution in [1.82, 2.24) is 4.90 Å². The van der Waals surface area contributed by atoms with Gasteiger partial charge in [0, 0.05) is 44.4 Å². The van der Waals surface area contributed by atoms with Gasteiger partial charge >= 0.3 is 0 Å². The summed E-state index contributed by atoms with van der Waals surface area (Å²) in [4.78, 5) is 2.07. The van der Waals surface area contributed by atoms with E-state index >= 15 is 0 Å². The zero-order valence-corrected chi connectivity index (χ0v) is 17.4. The molecule has 0 radical (unpaired) electrons. The molecule has 0 aliphatic heterocycles. The molecule has 3 heteroatoms. The first-order valence-electron chi connectivity index (χ1n) is 9.20. The summed E-state index contributed by atoms with van der Waals surface area (Å²) in [5.74, 6) is 0. The Hall–Kier alpha value is -2.94. The molecule has 2 rings (SSSR count). The van der Waals surface area contributed by atoms with Gasteiger partial charge in [-0.1, -0.05) is 30.8 Å². The van der Waals surface area contributed by atoms with Gasteiger partial charge in [-0.25, -0.2) is 0 Å². The van der Waals surface area contributed by atoms with Crippen LogP contribution in [-0.2, 0) is 0 Å². The second-order valence-electron chi connectivity index (χ2n) is 7.00. The normalized spacial score (nSPS) is 11.9. The summed E-state index contributed by atoms with van der Waals surface area (Å²) < 4.78 is 0. The second-order valence-corrected chi connectivity index (χ2v) is 7.00. The average molecular weight is 362 g/mol. The van der Waals surface area contributed by atoms with Crippen molar-refractivity contribution >= 4 is 16.9 Å². The minimum absolute atomic E-state index is 0.954. The molecule has 2 N–H and O–H groups in total. The van der Waals surface area contributed by atoms with Gasteiger partial charge in [0.1, 0.15) is 0 Å². The standard InChI is InChI=1S/C24H31N3/c1-8-21(26-22-13-12-18(3)24(15-22)25-5)14-20(16-27(6)7)23-11-9-10-17(2)19(23)4/h8-16,25-26H,1H2,2-7H3/b20-16+,21-14+. The Balaban J connectivity index is 2.44. The number of nitrogens with one attached hydrogen (secondary N) is 2. The molecule has 0 amide bonds. The zero-order chi connectivity index (χ0) is 20.0. The van der Waals surface area contributed by atoms with Crippen molar-refractivity contribution in [2.24, 2.45) is 0 Å². The van der Waals surface area contributed by atoms with E-state index in [1.165, 1.54) is 22.3 Å². The van der Waals surface area contributed by atoms with Crippen LogP contribution >= 0.6 is 0 Å². The molecule has 27 heavy (non-hydrogen) atoms. The van der Waals surface area contributed by atoms with Gasteiger partial charge in [0.2, 0.25) is 0 Å². The molecular formula is C24H31N3. The van der Waals surface area contributed by atoms with E-state index in [1.54, 1.807) is 0 Å². The first-order chi connectivity index (χ1) is 12.8. The molecule has 0 aliphatic carbocycles. The molecule has 2 aromatic rings. The van der Waals surface area contributed by atoms with Crippen LogP contribution in [0.1, 0.15) is 22.3 Å². The van der Waals surface area contributed by atoms with E-state index in [4.69, 9.17) is 0 Å².